The predicted molar refractivity (Wildman–Crippen MR) is 119 cm³/mol. The van der Waals surface area contributed by atoms with Gasteiger partial charge in [-0.15, -0.1) is 0 Å². The molecule has 0 aliphatic heterocycles. The maximum atomic E-state index is 12.1. The van der Waals surface area contributed by atoms with E-state index in [0.717, 1.165) is 32.9 Å². The van der Waals surface area contributed by atoms with Crippen molar-refractivity contribution >= 4 is 44.1 Å². The van der Waals surface area contributed by atoms with Crippen LogP contribution in [0.2, 0.25) is 0 Å². The summed E-state index contributed by atoms with van der Waals surface area (Å²) >= 11 is 3.52. The Kier molecular flexibility index (Phi) is 6.00. The van der Waals surface area contributed by atoms with Crippen LogP contribution < -0.4 is 15.8 Å². The van der Waals surface area contributed by atoms with Gasteiger partial charge in [-0.1, -0.05) is 30.3 Å². The molecule has 7 nitrogen and oxygen atoms in total. The summed E-state index contributed by atoms with van der Waals surface area (Å²) < 4.78 is 17.6. The van der Waals surface area contributed by atoms with Gasteiger partial charge >= 0.3 is 0 Å². The van der Waals surface area contributed by atoms with Crippen molar-refractivity contribution in [2.45, 2.75) is 4.90 Å². The van der Waals surface area contributed by atoms with Crippen LogP contribution in [0, 0.1) is 0 Å². The molecule has 4 N–H and O–H groups in total. The molecule has 2 heterocycles. The van der Waals surface area contributed by atoms with Crippen molar-refractivity contribution in [2.75, 3.05) is 18.4 Å². The van der Waals surface area contributed by atoms with Crippen molar-refractivity contribution in [1.29, 1.82) is 0 Å². The van der Waals surface area contributed by atoms with Gasteiger partial charge in [0.05, 0.1) is 21.3 Å². The molecule has 0 amide bonds. The number of nitrogens with zero attached hydrogens (tertiary/aromatic N) is 3. The second-order valence-corrected chi connectivity index (χ2v) is 8.37. The average Bonchev–Trinajstić information content (AvgIpc) is 3.14. The monoisotopic (exact) mass is 470 g/mol. The van der Waals surface area contributed by atoms with Crippen molar-refractivity contribution in [3.63, 3.8) is 0 Å². The minimum absolute atomic E-state index is 0.437. The van der Waals surface area contributed by atoms with Crippen molar-refractivity contribution in [1.82, 2.24) is 19.3 Å². The van der Waals surface area contributed by atoms with E-state index in [4.69, 9.17) is 10.7 Å². The molecule has 1 unspecified atom stereocenters. The van der Waals surface area contributed by atoms with Gasteiger partial charge in [-0.2, -0.15) is 9.61 Å². The SMILES string of the molecule is NCCNS(=O)c1ccc(Nc2cc(-c3ccccc3)nc3c(Br)cnn23)cc1. The van der Waals surface area contributed by atoms with Gasteiger partial charge in [0.2, 0.25) is 0 Å². The molecule has 9 heteroatoms. The third-order valence-corrected chi connectivity index (χ3v) is 5.94. The lowest BCUT2D eigenvalue weighted by molar-refractivity contribution is 0.672. The summed E-state index contributed by atoms with van der Waals surface area (Å²) in [5.41, 5.74) is 8.87. The largest absolute Gasteiger partial charge is 0.340 e. The second kappa shape index (κ2) is 8.83. The number of anilines is 2. The molecule has 29 heavy (non-hydrogen) atoms. The van der Waals surface area contributed by atoms with Crippen LogP contribution in [0.15, 0.2) is 76.2 Å². The number of hydrogen-bond donors (Lipinski definition) is 3. The Hall–Kier alpha value is -2.59. The van der Waals surface area contributed by atoms with Crippen LogP contribution in [0.3, 0.4) is 0 Å². The van der Waals surface area contributed by atoms with Crippen LogP contribution >= 0.6 is 15.9 Å². The van der Waals surface area contributed by atoms with E-state index >= 15 is 0 Å². The van der Waals surface area contributed by atoms with Crippen molar-refractivity contribution in [3.8, 4) is 11.3 Å². The van der Waals surface area contributed by atoms with Crippen LogP contribution in [0.4, 0.5) is 11.5 Å². The van der Waals surface area contributed by atoms with Gasteiger partial charge in [-0.25, -0.2) is 13.9 Å². The summed E-state index contributed by atoms with van der Waals surface area (Å²) in [6.07, 6.45) is 1.72. The Balaban J connectivity index is 1.66. The van der Waals surface area contributed by atoms with Crippen LogP contribution in [0.25, 0.3) is 16.9 Å². The minimum atomic E-state index is -1.28. The lowest BCUT2D eigenvalue weighted by atomic mass is 10.1. The molecule has 2 aromatic carbocycles. The fourth-order valence-corrected chi connectivity index (χ4v) is 4.03. The number of fused-ring (bicyclic) bond motifs is 1. The smallest absolute Gasteiger partial charge is 0.172 e. The van der Waals surface area contributed by atoms with Gasteiger partial charge in [0, 0.05) is 30.4 Å². The van der Waals surface area contributed by atoms with Crippen molar-refractivity contribution < 1.29 is 4.21 Å². The molecule has 1 atom stereocenters. The van der Waals surface area contributed by atoms with E-state index in [2.05, 4.69) is 31.1 Å². The summed E-state index contributed by atoms with van der Waals surface area (Å²) in [5, 5.41) is 7.78. The lowest BCUT2D eigenvalue weighted by Gasteiger charge is -2.11. The Morgan fingerprint density at radius 2 is 1.86 bits per heavy atom. The van der Waals surface area contributed by atoms with Crippen LogP contribution in [-0.2, 0) is 11.0 Å². The zero-order chi connectivity index (χ0) is 20.2. The molecule has 0 aliphatic carbocycles. The number of hydrogen-bond acceptors (Lipinski definition) is 5. The molecule has 2 aromatic heterocycles. The van der Waals surface area contributed by atoms with E-state index in [-0.39, 0.29) is 0 Å². The van der Waals surface area contributed by atoms with Crippen molar-refractivity contribution in [3.05, 3.63) is 71.3 Å². The van der Waals surface area contributed by atoms with E-state index in [1.165, 1.54) is 0 Å². The first-order valence-corrected chi connectivity index (χ1v) is 10.9. The fourth-order valence-electron chi connectivity index (χ4n) is 2.83. The van der Waals surface area contributed by atoms with Gasteiger partial charge < -0.3 is 11.1 Å². The molecular formula is C20H19BrN6OS. The molecule has 0 saturated heterocycles. The zero-order valence-corrected chi connectivity index (χ0v) is 17.8. The maximum absolute atomic E-state index is 12.1. The molecule has 0 radical (unpaired) electrons. The van der Waals surface area contributed by atoms with Crippen LogP contribution in [-0.4, -0.2) is 31.9 Å². The van der Waals surface area contributed by atoms with Gasteiger partial charge in [0.15, 0.2) is 5.65 Å². The molecule has 0 spiro atoms. The van der Waals surface area contributed by atoms with Gasteiger partial charge in [0.1, 0.15) is 16.8 Å². The zero-order valence-electron chi connectivity index (χ0n) is 15.4. The van der Waals surface area contributed by atoms with E-state index in [9.17, 15) is 4.21 Å². The summed E-state index contributed by atoms with van der Waals surface area (Å²) in [6, 6.07) is 19.3. The third kappa shape index (κ3) is 4.38. The highest BCUT2D eigenvalue weighted by molar-refractivity contribution is 9.10. The summed E-state index contributed by atoms with van der Waals surface area (Å²) in [6.45, 7) is 0.935. The van der Waals surface area contributed by atoms with Crippen LogP contribution in [0.5, 0.6) is 0 Å². The average molecular weight is 471 g/mol. The van der Waals surface area contributed by atoms with Crippen molar-refractivity contribution in [2.24, 2.45) is 5.73 Å². The predicted octanol–water partition coefficient (Wildman–Crippen LogP) is 3.47. The van der Waals surface area contributed by atoms with E-state index in [1.54, 1.807) is 10.7 Å². The molecule has 0 aliphatic rings. The number of rotatable bonds is 7. The minimum Gasteiger partial charge on any atom is -0.340 e. The summed E-state index contributed by atoms with van der Waals surface area (Å²) in [7, 11) is -1.28. The number of nitrogens with two attached hydrogens (primary N) is 1. The Morgan fingerprint density at radius 1 is 1.10 bits per heavy atom. The molecule has 0 bridgehead atoms. The molecule has 0 saturated carbocycles. The fraction of sp³-hybridized carbons (Fsp3) is 0.100. The number of aromatic nitrogens is 3. The topological polar surface area (TPSA) is 97.3 Å². The number of nitrogens with one attached hydrogen (secondary N) is 2. The Bertz CT molecular complexity index is 1150. The standard InChI is InChI=1S/C20H19BrN6OS/c21-17-13-23-27-19(12-18(26-20(17)27)14-4-2-1-3-5-14)25-15-6-8-16(9-7-15)29(28)24-11-10-22/h1-9,12-13,24-25H,10-11,22H2. The van der Waals surface area contributed by atoms with Gasteiger partial charge in [-0.3, -0.25) is 0 Å². The first-order valence-electron chi connectivity index (χ1n) is 8.98. The summed E-state index contributed by atoms with van der Waals surface area (Å²) in [5.74, 6) is 0.773. The van der Waals surface area contributed by atoms with Gasteiger partial charge in [0.25, 0.3) is 0 Å². The van der Waals surface area contributed by atoms with E-state index in [0.29, 0.717) is 18.0 Å². The highest BCUT2D eigenvalue weighted by Gasteiger charge is 2.12. The molecule has 0 fully saturated rings. The maximum Gasteiger partial charge on any atom is 0.172 e. The Morgan fingerprint density at radius 3 is 2.59 bits per heavy atom. The lowest BCUT2D eigenvalue weighted by Crippen LogP contribution is -2.24. The van der Waals surface area contributed by atoms with E-state index in [1.807, 2.05) is 60.7 Å². The van der Waals surface area contributed by atoms with E-state index < -0.39 is 11.0 Å². The highest BCUT2D eigenvalue weighted by Crippen LogP contribution is 2.27. The first-order chi connectivity index (χ1) is 14.2. The van der Waals surface area contributed by atoms with Gasteiger partial charge in [-0.05, 0) is 40.2 Å². The molecule has 4 rings (SSSR count). The molecule has 4 aromatic rings. The summed E-state index contributed by atoms with van der Waals surface area (Å²) in [4.78, 5) is 5.42. The molecular weight excluding hydrogens is 452 g/mol. The molecule has 148 valence electrons. The highest BCUT2D eigenvalue weighted by atomic mass is 79.9. The second-order valence-electron chi connectivity index (χ2n) is 6.22. The first kappa shape index (κ1) is 19.7. The Labute approximate surface area is 179 Å². The number of halogens is 1. The van der Waals surface area contributed by atoms with Crippen LogP contribution in [0.1, 0.15) is 0 Å². The number of benzene rings is 2. The quantitative estimate of drug-likeness (QED) is 0.384. The third-order valence-electron chi connectivity index (χ3n) is 4.22. The normalized spacial score (nSPS) is 12.2.